The topological polar surface area (TPSA) is 50.9 Å². The van der Waals surface area contributed by atoms with Crippen molar-refractivity contribution in [2.45, 2.75) is 6.54 Å². The highest BCUT2D eigenvalue weighted by atomic mass is 79.9. The van der Waals surface area contributed by atoms with Crippen LogP contribution in [0.3, 0.4) is 0 Å². The Balaban J connectivity index is 2.41. The third-order valence-electron chi connectivity index (χ3n) is 1.40. The predicted octanol–water partition coefficient (Wildman–Crippen LogP) is 0.892. The van der Waals surface area contributed by atoms with Crippen molar-refractivity contribution < 1.29 is 0 Å². The van der Waals surface area contributed by atoms with Gasteiger partial charge in [0.1, 0.15) is 4.60 Å². The molecular formula is C8H12BrN3. The zero-order valence-corrected chi connectivity index (χ0v) is 8.34. The van der Waals surface area contributed by atoms with Crippen LogP contribution in [0.2, 0.25) is 0 Å². The highest BCUT2D eigenvalue weighted by molar-refractivity contribution is 9.10. The molecule has 0 saturated heterocycles. The summed E-state index contributed by atoms with van der Waals surface area (Å²) in [6, 6.07) is 5.86. The van der Waals surface area contributed by atoms with Crippen molar-refractivity contribution in [1.29, 1.82) is 0 Å². The van der Waals surface area contributed by atoms with Gasteiger partial charge in [-0.2, -0.15) is 0 Å². The van der Waals surface area contributed by atoms with Gasteiger partial charge in [0.25, 0.3) is 0 Å². The van der Waals surface area contributed by atoms with Crippen molar-refractivity contribution in [2.75, 3.05) is 13.1 Å². The van der Waals surface area contributed by atoms with Crippen LogP contribution in [0.5, 0.6) is 0 Å². The van der Waals surface area contributed by atoms with Gasteiger partial charge in [-0.1, -0.05) is 6.07 Å². The average Bonchev–Trinajstić information content (AvgIpc) is 2.05. The highest BCUT2D eigenvalue weighted by Crippen LogP contribution is 2.05. The Morgan fingerprint density at radius 2 is 2.33 bits per heavy atom. The second-order valence-electron chi connectivity index (χ2n) is 2.42. The fourth-order valence-electron chi connectivity index (χ4n) is 0.867. The lowest BCUT2D eigenvalue weighted by molar-refractivity contribution is 0.681. The van der Waals surface area contributed by atoms with Crippen LogP contribution in [0.25, 0.3) is 0 Å². The van der Waals surface area contributed by atoms with E-state index >= 15 is 0 Å². The Morgan fingerprint density at radius 1 is 1.50 bits per heavy atom. The van der Waals surface area contributed by atoms with Crippen molar-refractivity contribution >= 4 is 15.9 Å². The SMILES string of the molecule is NCCNCc1cccc(Br)n1. The maximum absolute atomic E-state index is 5.33. The van der Waals surface area contributed by atoms with Crippen LogP contribution in [-0.4, -0.2) is 18.1 Å². The van der Waals surface area contributed by atoms with Gasteiger partial charge in [-0.05, 0) is 28.1 Å². The van der Waals surface area contributed by atoms with E-state index in [1.54, 1.807) is 0 Å². The molecule has 1 rings (SSSR count). The molecule has 0 atom stereocenters. The number of nitrogens with zero attached hydrogens (tertiary/aromatic N) is 1. The first kappa shape index (κ1) is 9.64. The predicted molar refractivity (Wildman–Crippen MR) is 52.7 cm³/mol. The molecule has 3 N–H and O–H groups in total. The summed E-state index contributed by atoms with van der Waals surface area (Å²) < 4.78 is 0.870. The molecule has 0 spiro atoms. The Labute approximate surface area is 80.5 Å². The van der Waals surface area contributed by atoms with E-state index in [2.05, 4.69) is 26.2 Å². The summed E-state index contributed by atoms with van der Waals surface area (Å²) in [6.45, 7) is 2.26. The fraction of sp³-hybridized carbons (Fsp3) is 0.375. The molecule has 66 valence electrons. The van der Waals surface area contributed by atoms with E-state index in [4.69, 9.17) is 5.73 Å². The number of nitrogens with two attached hydrogens (primary N) is 1. The van der Waals surface area contributed by atoms with Crippen LogP contribution < -0.4 is 11.1 Å². The van der Waals surface area contributed by atoms with E-state index in [0.717, 1.165) is 23.4 Å². The van der Waals surface area contributed by atoms with Gasteiger partial charge in [-0.25, -0.2) is 4.98 Å². The molecule has 0 aliphatic rings. The maximum atomic E-state index is 5.33. The number of pyridine rings is 1. The van der Waals surface area contributed by atoms with E-state index in [1.165, 1.54) is 0 Å². The molecule has 0 fully saturated rings. The average molecular weight is 230 g/mol. The summed E-state index contributed by atoms with van der Waals surface area (Å²) >= 11 is 3.31. The minimum absolute atomic E-state index is 0.661. The van der Waals surface area contributed by atoms with Crippen LogP contribution in [-0.2, 0) is 6.54 Å². The standard InChI is InChI=1S/C8H12BrN3/c9-8-3-1-2-7(12-8)6-11-5-4-10/h1-3,11H,4-6,10H2. The quantitative estimate of drug-likeness (QED) is 0.596. The normalized spacial score (nSPS) is 10.2. The van der Waals surface area contributed by atoms with Gasteiger partial charge in [0.05, 0.1) is 5.69 Å². The maximum Gasteiger partial charge on any atom is 0.106 e. The zero-order chi connectivity index (χ0) is 8.81. The van der Waals surface area contributed by atoms with Crippen LogP contribution in [0.4, 0.5) is 0 Å². The number of aromatic nitrogens is 1. The van der Waals surface area contributed by atoms with E-state index in [-0.39, 0.29) is 0 Å². The van der Waals surface area contributed by atoms with Crippen molar-refractivity contribution in [2.24, 2.45) is 5.73 Å². The van der Waals surface area contributed by atoms with Crippen LogP contribution >= 0.6 is 15.9 Å². The number of rotatable bonds is 4. The van der Waals surface area contributed by atoms with Crippen molar-refractivity contribution in [3.8, 4) is 0 Å². The molecule has 1 heterocycles. The van der Waals surface area contributed by atoms with Gasteiger partial charge in [-0.15, -0.1) is 0 Å². The van der Waals surface area contributed by atoms with Gasteiger partial charge in [0.15, 0.2) is 0 Å². The number of halogens is 1. The van der Waals surface area contributed by atoms with Crippen LogP contribution in [0.1, 0.15) is 5.69 Å². The first-order valence-corrected chi connectivity index (χ1v) is 4.64. The summed E-state index contributed by atoms with van der Waals surface area (Å²) in [5.74, 6) is 0. The van der Waals surface area contributed by atoms with Crippen molar-refractivity contribution in [1.82, 2.24) is 10.3 Å². The molecule has 0 aliphatic heterocycles. The van der Waals surface area contributed by atoms with E-state index in [1.807, 2.05) is 18.2 Å². The molecule has 0 radical (unpaired) electrons. The Hall–Kier alpha value is -0.450. The molecule has 12 heavy (non-hydrogen) atoms. The minimum Gasteiger partial charge on any atom is -0.329 e. The van der Waals surface area contributed by atoms with Crippen LogP contribution in [0, 0.1) is 0 Å². The smallest absolute Gasteiger partial charge is 0.106 e. The third kappa shape index (κ3) is 3.30. The van der Waals surface area contributed by atoms with Gasteiger partial charge < -0.3 is 11.1 Å². The molecule has 3 nitrogen and oxygen atoms in total. The molecule has 0 bridgehead atoms. The highest BCUT2D eigenvalue weighted by Gasteiger charge is 1.93. The zero-order valence-electron chi connectivity index (χ0n) is 6.76. The lowest BCUT2D eigenvalue weighted by Gasteiger charge is -2.01. The van der Waals surface area contributed by atoms with Crippen molar-refractivity contribution in [3.63, 3.8) is 0 Å². The summed E-state index contributed by atoms with van der Waals surface area (Å²) in [6.07, 6.45) is 0. The molecular weight excluding hydrogens is 218 g/mol. The number of hydrogen-bond donors (Lipinski definition) is 2. The Kier molecular flexibility index (Phi) is 4.21. The molecule has 0 saturated carbocycles. The van der Waals surface area contributed by atoms with Gasteiger partial charge in [0, 0.05) is 19.6 Å². The number of nitrogens with one attached hydrogen (secondary N) is 1. The van der Waals surface area contributed by atoms with Gasteiger partial charge in [-0.3, -0.25) is 0 Å². The summed E-state index contributed by atoms with van der Waals surface area (Å²) in [4.78, 5) is 4.26. The molecule has 0 amide bonds. The fourth-order valence-corrected chi connectivity index (χ4v) is 1.25. The van der Waals surface area contributed by atoms with Gasteiger partial charge >= 0.3 is 0 Å². The first-order chi connectivity index (χ1) is 5.83. The largest absolute Gasteiger partial charge is 0.329 e. The minimum atomic E-state index is 0.661. The summed E-state index contributed by atoms with van der Waals surface area (Å²) in [5, 5.41) is 3.17. The molecule has 1 aromatic heterocycles. The second kappa shape index (κ2) is 5.24. The van der Waals surface area contributed by atoms with Gasteiger partial charge in [0.2, 0.25) is 0 Å². The van der Waals surface area contributed by atoms with E-state index < -0.39 is 0 Å². The first-order valence-electron chi connectivity index (χ1n) is 3.85. The van der Waals surface area contributed by atoms with E-state index in [0.29, 0.717) is 6.54 Å². The summed E-state index contributed by atoms with van der Waals surface area (Å²) in [7, 11) is 0. The molecule has 0 aromatic carbocycles. The summed E-state index contributed by atoms with van der Waals surface area (Å²) in [5.41, 5.74) is 6.36. The number of hydrogen-bond acceptors (Lipinski definition) is 3. The second-order valence-corrected chi connectivity index (χ2v) is 3.23. The molecule has 0 unspecified atom stereocenters. The monoisotopic (exact) mass is 229 g/mol. The van der Waals surface area contributed by atoms with Crippen LogP contribution in [0.15, 0.2) is 22.8 Å². The van der Waals surface area contributed by atoms with Crippen molar-refractivity contribution in [3.05, 3.63) is 28.5 Å². The molecule has 4 heteroatoms. The Bertz CT molecular complexity index is 239. The lowest BCUT2D eigenvalue weighted by atomic mass is 10.3. The Morgan fingerprint density at radius 3 is 3.00 bits per heavy atom. The third-order valence-corrected chi connectivity index (χ3v) is 1.84. The molecule has 1 aromatic rings. The lowest BCUT2D eigenvalue weighted by Crippen LogP contribution is -2.22. The molecule has 0 aliphatic carbocycles. The van der Waals surface area contributed by atoms with E-state index in [9.17, 15) is 0 Å².